The molecule has 1 aromatic rings. The van der Waals surface area contributed by atoms with Crippen LogP contribution in [0.4, 0.5) is 0 Å². The van der Waals surface area contributed by atoms with Gasteiger partial charge in [0.1, 0.15) is 5.60 Å². The Morgan fingerprint density at radius 2 is 2.10 bits per heavy atom. The second-order valence-corrected chi connectivity index (χ2v) is 7.34. The maximum atomic E-state index is 6.28. The summed E-state index contributed by atoms with van der Waals surface area (Å²) in [5, 5.41) is 1.24. The molecule has 4 heteroatoms. The van der Waals surface area contributed by atoms with Crippen LogP contribution in [0.3, 0.4) is 0 Å². The number of hydrogen-bond donors (Lipinski definition) is 0. The van der Waals surface area contributed by atoms with Gasteiger partial charge in [0, 0.05) is 24.5 Å². The molecule has 2 saturated heterocycles. The molecule has 0 N–H and O–H groups in total. The van der Waals surface area contributed by atoms with Gasteiger partial charge in [0.2, 0.25) is 0 Å². The highest BCUT2D eigenvalue weighted by Gasteiger charge is 2.62. The number of hydrogen-bond acceptors (Lipinski definition) is 2. The normalized spacial score (nSPS) is 36.8. The third-order valence-corrected chi connectivity index (χ3v) is 6.10. The molecule has 0 aromatic heterocycles. The number of ether oxygens (including phenoxy) is 1. The van der Waals surface area contributed by atoms with Crippen molar-refractivity contribution in [1.29, 1.82) is 0 Å². The summed E-state index contributed by atoms with van der Waals surface area (Å²) in [7, 11) is 0. The summed E-state index contributed by atoms with van der Waals surface area (Å²) in [5.41, 5.74) is 1.26. The number of rotatable bonds is 3. The van der Waals surface area contributed by atoms with Crippen molar-refractivity contribution in [3.63, 3.8) is 0 Å². The molecule has 0 radical (unpaired) electrons. The van der Waals surface area contributed by atoms with Gasteiger partial charge >= 0.3 is 0 Å². The van der Waals surface area contributed by atoms with Crippen LogP contribution in [0.15, 0.2) is 18.2 Å². The highest BCUT2D eigenvalue weighted by atomic mass is 35.5. The quantitative estimate of drug-likeness (QED) is 0.828. The minimum atomic E-state index is -0.174. The smallest absolute Gasteiger partial charge is 0.108 e. The van der Waals surface area contributed by atoms with E-state index in [1.165, 1.54) is 18.4 Å². The molecular formula is C16H19Cl2NO. The molecule has 20 heavy (non-hydrogen) atoms. The Hall–Kier alpha value is -0.280. The monoisotopic (exact) mass is 311 g/mol. The molecule has 4 rings (SSSR count). The van der Waals surface area contributed by atoms with Crippen molar-refractivity contribution < 1.29 is 4.74 Å². The van der Waals surface area contributed by atoms with E-state index in [2.05, 4.69) is 17.9 Å². The van der Waals surface area contributed by atoms with Gasteiger partial charge in [-0.1, -0.05) is 36.2 Å². The second-order valence-electron chi connectivity index (χ2n) is 6.53. The molecule has 2 heterocycles. The van der Waals surface area contributed by atoms with Gasteiger partial charge < -0.3 is 4.74 Å². The molecule has 1 aliphatic carbocycles. The zero-order chi connectivity index (χ0) is 14.0. The van der Waals surface area contributed by atoms with Gasteiger partial charge in [0.25, 0.3) is 0 Å². The highest BCUT2D eigenvalue weighted by Crippen LogP contribution is 2.56. The van der Waals surface area contributed by atoms with Gasteiger partial charge in [-0.05, 0) is 37.0 Å². The van der Waals surface area contributed by atoms with Crippen LogP contribution in [-0.2, 0) is 10.3 Å². The van der Waals surface area contributed by atoms with Crippen LogP contribution < -0.4 is 0 Å². The van der Waals surface area contributed by atoms with Gasteiger partial charge in [-0.15, -0.1) is 0 Å². The van der Waals surface area contributed by atoms with E-state index >= 15 is 0 Å². The Bertz CT molecular complexity index is 559. The van der Waals surface area contributed by atoms with Crippen LogP contribution in [0.2, 0.25) is 10.0 Å². The fourth-order valence-electron chi connectivity index (χ4n) is 4.02. The first kappa shape index (κ1) is 13.4. The average molecular weight is 312 g/mol. The minimum absolute atomic E-state index is 0.174. The van der Waals surface area contributed by atoms with Crippen LogP contribution in [0.5, 0.6) is 0 Å². The zero-order valence-corrected chi connectivity index (χ0v) is 13.2. The van der Waals surface area contributed by atoms with E-state index in [4.69, 9.17) is 27.9 Å². The number of likely N-dealkylation sites (tertiary alicyclic amines) is 1. The molecule has 0 amide bonds. The highest BCUT2D eigenvalue weighted by molar-refractivity contribution is 6.42. The van der Waals surface area contributed by atoms with E-state index in [0.29, 0.717) is 10.0 Å². The summed E-state index contributed by atoms with van der Waals surface area (Å²) in [5.74, 6) is 0. The first-order chi connectivity index (χ1) is 9.58. The van der Waals surface area contributed by atoms with Crippen LogP contribution >= 0.6 is 23.2 Å². The van der Waals surface area contributed by atoms with Crippen molar-refractivity contribution in [3.05, 3.63) is 33.8 Å². The first-order valence-corrected chi connectivity index (χ1v) is 8.20. The molecular weight excluding hydrogens is 293 g/mol. The predicted molar refractivity (Wildman–Crippen MR) is 81.5 cm³/mol. The lowest BCUT2D eigenvalue weighted by atomic mass is 9.87. The molecule has 3 aliphatic rings. The average Bonchev–Trinajstić information content (AvgIpc) is 3.16. The molecule has 2 nitrogen and oxygen atoms in total. The fraction of sp³-hybridized carbons (Fsp3) is 0.625. The van der Waals surface area contributed by atoms with Crippen molar-refractivity contribution >= 4 is 23.2 Å². The number of morpholine rings is 1. The maximum Gasteiger partial charge on any atom is 0.108 e. The second kappa shape index (κ2) is 4.36. The standard InChI is InChI=1S/C16H19Cl2NO/c1-2-15-8-16(20-10-15,9-19(15)12-4-5-12)11-3-6-13(17)14(18)7-11/h3,6-7,12H,2,4-5,8-10H2,1H3. The Morgan fingerprint density at radius 1 is 1.30 bits per heavy atom. The van der Waals surface area contributed by atoms with Gasteiger partial charge in [-0.25, -0.2) is 0 Å². The third kappa shape index (κ3) is 1.78. The van der Waals surface area contributed by atoms with Gasteiger partial charge in [0.15, 0.2) is 0 Å². The van der Waals surface area contributed by atoms with Gasteiger partial charge in [0.05, 0.1) is 16.7 Å². The molecule has 1 saturated carbocycles. The summed E-state index contributed by atoms with van der Waals surface area (Å²) < 4.78 is 6.28. The number of fused-ring (bicyclic) bond motifs is 2. The zero-order valence-electron chi connectivity index (χ0n) is 11.7. The van der Waals surface area contributed by atoms with E-state index in [-0.39, 0.29) is 11.1 Å². The van der Waals surface area contributed by atoms with E-state index in [0.717, 1.165) is 32.0 Å². The van der Waals surface area contributed by atoms with E-state index in [1.54, 1.807) is 0 Å². The van der Waals surface area contributed by atoms with Gasteiger partial charge in [-0.3, -0.25) is 4.90 Å². The summed E-state index contributed by atoms with van der Waals surface area (Å²) >= 11 is 12.3. The number of benzene rings is 1. The minimum Gasteiger partial charge on any atom is -0.367 e. The Kier molecular flexibility index (Phi) is 2.92. The molecule has 2 bridgehead atoms. The van der Waals surface area contributed by atoms with Crippen LogP contribution in [-0.4, -0.2) is 29.6 Å². The Morgan fingerprint density at radius 3 is 2.75 bits per heavy atom. The number of halogens is 2. The molecule has 2 atom stereocenters. The molecule has 1 aromatic carbocycles. The lowest BCUT2D eigenvalue weighted by molar-refractivity contribution is -0.0741. The lowest BCUT2D eigenvalue weighted by Gasteiger charge is -2.39. The summed E-state index contributed by atoms with van der Waals surface area (Å²) in [6, 6.07) is 6.74. The predicted octanol–water partition coefficient (Wildman–Crippen LogP) is 4.24. The van der Waals surface area contributed by atoms with Crippen molar-refractivity contribution in [3.8, 4) is 0 Å². The molecule has 2 aliphatic heterocycles. The van der Waals surface area contributed by atoms with Crippen LogP contribution in [0.25, 0.3) is 0 Å². The van der Waals surface area contributed by atoms with Gasteiger partial charge in [-0.2, -0.15) is 0 Å². The Balaban J connectivity index is 1.73. The van der Waals surface area contributed by atoms with Crippen molar-refractivity contribution in [1.82, 2.24) is 4.90 Å². The molecule has 3 fully saturated rings. The van der Waals surface area contributed by atoms with Crippen LogP contribution in [0.1, 0.15) is 38.2 Å². The SMILES string of the molecule is CCC12COC(c3ccc(Cl)c(Cl)c3)(CN1C1CC1)C2. The lowest BCUT2D eigenvalue weighted by Crippen LogP contribution is -2.50. The van der Waals surface area contributed by atoms with Crippen molar-refractivity contribution in [2.75, 3.05) is 13.2 Å². The third-order valence-electron chi connectivity index (χ3n) is 5.36. The van der Waals surface area contributed by atoms with Crippen molar-refractivity contribution in [2.45, 2.75) is 49.8 Å². The van der Waals surface area contributed by atoms with Crippen molar-refractivity contribution in [2.24, 2.45) is 0 Å². The van der Waals surface area contributed by atoms with Crippen LogP contribution in [0, 0.1) is 0 Å². The topological polar surface area (TPSA) is 12.5 Å². The maximum absolute atomic E-state index is 6.28. The summed E-state index contributed by atoms with van der Waals surface area (Å²) in [6.07, 6.45) is 4.94. The molecule has 2 unspecified atom stereocenters. The molecule has 108 valence electrons. The largest absolute Gasteiger partial charge is 0.367 e. The van der Waals surface area contributed by atoms with E-state index in [1.807, 2.05) is 12.1 Å². The summed E-state index contributed by atoms with van der Waals surface area (Å²) in [6.45, 7) is 4.14. The Labute approximate surface area is 130 Å². The first-order valence-electron chi connectivity index (χ1n) is 7.45. The number of nitrogens with zero attached hydrogens (tertiary/aromatic N) is 1. The summed E-state index contributed by atoms with van der Waals surface area (Å²) in [4.78, 5) is 2.71. The molecule has 0 spiro atoms. The van der Waals surface area contributed by atoms with E-state index in [9.17, 15) is 0 Å². The fourth-order valence-corrected chi connectivity index (χ4v) is 4.32. The van der Waals surface area contributed by atoms with E-state index < -0.39 is 0 Å².